The highest BCUT2D eigenvalue weighted by Crippen LogP contribution is 2.19. The molecule has 0 atom stereocenters. The quantitative estimate of drug-likeness (QED) is 0.569. The second-order valence-corrected chi connectivity index (χ2v) is 3.37. The molecule has 0 fully saturated rings. The van der Waals surface area contributed by atoms with E-state index in [9.17, 15) is 13.2 Å². The van der Waals surface area contributed by atoms with Crippen LogP contribution >= 0.6 is 0 Å². The molecule has 0 spiro atoms. The van der Waals surface area contributed by atoms with E-state index in [0.717, 1.165) is 0 Å². The highest BCUT2D eigenvalue weighted by Gasteiger charge is 2.27. The average Bonchev–Trinajstić information content (AvgIpc) is 1.97. The lowest BCUT2D eigenvalue weighted by atomic mass is 10.4. The maximum atomic E-state index is 11.8. The number of alkyl halides is 3. The van der Waals surface area contributed by atoms with E-state index >= 15 is 0 Å². The monoisotopic (exact) mass is 211 g/mol. The van der Waals surface area contributed by atoms with Gasteiger partial charge in [-0.3, -0.25) is 4.99 Å². The van der Waals surface area contributed by atoms with Gasteiger partial charge in [-0.15, -0.1) is 0 Å². The van der Waals surface area contributed by atoms with Crippen LogP contribution in [0.2, 0.25) is 0 Å². The van der Waals surface area contributed by atoms with E-state index in [0.29, 0.717) is 0 Å². The Bertz CT molecular complexity index is 198. The van der Waals surface area contributed by atoms with Crippen molar-refractivity contribution >= 4 is 5.96 Å². The van der Waals surface area contributed by atoms with Gasteiger partial charge < -0.3 is 10.6 Å². The number of halogens is 3. The van der Waals surface area contributed by atoms with Gasteiger partial charge in [0.1, 0.15) is 0 Å². The molecule has 0 aliphatic carbocycles. The molecule has 0 bridgehead atoms. The molecule has 6 heteroatoms. The lowest BCUT2D eigenvalue weighted by molar-refractivity contribution is -0.135. The minimum absolute atomic E-state index is 0.0108. The molecule has 0 rings (SSSR count). The summed E-state index contributed by atoms with van der Waals surface area (Å²) in [5.41, 5.74) is 5.46. The SMILES string of the molecule is CC(C)N=C(N)N(C)CCC(F)(F)F. The van der Waals surface area contributed by atoms with Crippen LogP contribution in [0.25, 0.3) is 0 Å². The van der Waals surface area contributed by atoms with Crippen LogP contribution in [-0.2, 0) is 0 Å². The summed E-state index contributed by atoms with van der Waals surface area (Å²) >= 11 is 0. The Hall–Kier alpha value is -0.940. The smallest absolute Gasteiger partial charge is 0.370 e. The fraction of sp³-hybridized carbons (Fsp3) is 0.875. The van der Waals surface area contributed by atoms with E-state index in [4.69, 9.17) is 5.73 Å². The van der Waals surface area contributed by atoms with E-state index in [2.05, 4.69) is 4.99 Å². The summed E-state index contributed by atoms with van der Waals surface area (Å²) in [6, 6.07) is -0.0108. The van der Waals surface area contributed by atoms with Gasteiger partial charge in [-0.2, -0.15) is 13.2 Å². The second-order valence-electron chi connectivity index (χ2n) is 3.37. The molecule has 2 N–H and O–H groups in total. The van der Waals surface area contributed by atoms with Crippen molar-refractivity contribution in [1.29, 1.82) is 0 Å². The van der Waals surface area contributed by atoms with E-state index < -0.39 is 12.6 Å². The normalized spacial score (nSPS) is 13.5. The van der Waals surface area contributed by atoms with Crippen molar-refractivity contribution in [3.63, 3.8) is 0 Å². The van der Waals surface area contributed by atoms with Crippen molar-refractivity contribution in [2.75, 3.05) is 13.6 Å². The third-order valence-corrected chi connectivity index (χ3v) is 1.51. The molecule has 0 unspecified atom stereocenters. The van der Waals surface area contributed by atoms with Crippen molar-refractivity contribution in [2.24, 2.45) is 10.7 Å². The van der Waals surface area contributed by atoms with Crippen LogP contribution < -0.4 is 5.73 Å². The standard InChI is InChI=1S/C8H16F3N3/c1-6(2)13-7(12)14(3)5-4-8(9,10)11/h6H,4-5H2,1-3H3,(H2,12,13). The number of nitrogens with two attached hydrogens (primary N) is 1. The van der Waals surface area contributed by atoms with Gasteiger partial charge in [0, 0.05) is 19.6 Å². The lowest BCUT2D eigenvalue weighted by Crippen LogP contribution is -2.37. The van der Waals surface area contributed by atoms with Crippen LogP contribution in [0.3, 0.4) is 0 Å². The fourth-order valence-electron chi connectivity index (χ4n) is 0.772. The first kappa shape index (κ1) is 13.1. The number of hydrogen-bond donors (Lipinski definition) is 1. The molecule has 0 aromatic rings. The van der Waals surface area contributed by atoms with Gasteiger partial charge in [-0.1, -0.05) is 0 Å². The zero-order valence-electron chi connectivity index (χ0n) is 8.60. The van der Waals surface area contributed by atoms with Crippen LogP contribution in [-0.4, -0.2) is 36.7 Å². The van der Waals surface area contributed by atoms with Gasteiger partial charge >= 0.3 is 6.18 Å². The summed E-state index contributed by atoms with van der Waals surface area (Å²) in [6.07, 6.45) is -5.02. The molecule has 0 aliphatic rings. The third-order valence-electron chi connectivity index (χ3n) is 1.51. The molecule has 14 heavy (non-hydrogen) atoms. The Balaban J connectivity index is 4.03. The largest absolute Gasteiger partial charge is 0.390 e. The van der Waals surface area contributed by atoms with Crippen LogP contribution in [0.5, 0.6) is 0 Å². The average molecular weight is 211 g/mol. The van der Waals surface area contributed by atoms with Gasteiger partial charge in [-0.25, -0.2) is 0 Å². The third kappa shape index (κ3) is 6.56. The Labute approximate surface area is 81.8 Å². The molecule has 0 aliphatic heterocycles. The molecule has 0 aromatic heterocycles. The number of guanidine groups is 1. The molecular formula is C8H16F3N3. The zero-order valence-corrected chi connectivity index (χ0v) is 8.60. The number of nitrogens with zero attached hydrogens (tertiary/aromatic N) is 2. The number of hydrogen-bond acceptors (Lipinski definition) is 1. The van der Waals surface area contributed by atoms with Crippen molar-refractivity contribution in [3.8, 4) is 0 Å². The summed E-state index contributed by atoms with van der Waals surface area (Å²) in [7, 11) is 1.49. The highest BCUT2D eigenvalue weighted by atomic mass is 19.4. The van der Waals surface area contributed by atoms with Crippen molar-refractivity contribution < 1.29 is 13.2 Å². The van der Waals surface area contributed by atoms with E-state index in [-0.39, 0.29) is 18.5 Å². The van der Waals surface area contributed by atoms with Gasteiger partial charge in [0.25, 0.3) is 0 Å². The van der Waals surface area contributed by atoms with Crippen molar-refractivity contribution in [2.45, 2.75) is 32.5 Å². The van der Waals surface area contributed by atoms with Gasteiger partial charge in [0.05, 0.1) is 6.42 Å². The first-order chi connectivity index (χ1) is 6.22. The number of rotatable bonds is 3. The van der Waals surface area contributed by atoms with E-state index in [1.54, 1.807) is 0 Å². The molecule has 0 aromatic carbocycles. The maximum Gasteiger partial charge on any atom is 0.390 e. The summed E-state index contributed by atoms with van der Waals surface area (Å²) in [5, 5.41) is 0. The minimum atomic E-state index is -4.15. The Morgan fingerprint density at radius 2 is 1.93 bits per heavy atom. The first-order valence-electron chi connectivity index (χ1n) is 4.33. The topological polar surface area (TPSA) is 41.6 Å². The van der Waals surface area contributed by atoms with Crippen molar-refractivity contribution in [1.82, 2.24) is 4.90 Å². The molecular weight excluding hydrogens is 195 g/mol. The molecule has 84 valence electrons. The summed E-state index contributed by atoms with van der Waals surface area (Å²) in [4.78, 5) is 5.23. The van der Waals surface area contributed by atoms with Gasteiger partial charge in [-0.05, 0) is 13.8 Å². The highest BCUT2D eigenvalue weighted by molar-refractivity contribution is 5.77. The summed E-state index contributed by atoms with van der Waals surface area (Å²) in [5.74, 6) is 0.143. The van der Waals surface area contributed by atoms with Crippen molar-refractivity contribution in [3.05, 3.63) is 0 Å². The van der Waals surface area contributed by atoms with Crippen LogP contribution in [0.1, 0.15) is 20.3 Å². The Morgan fingerprint density at radius 1 is 1.43 bits per heavy atom. The second kappa shape index (κ2) is 5.07. The van der Waals surface area contributed by atoms with E-state index in [1.165, 1.54) is 11.9 Å². The lowest BCUT2D eigenvalue weighted by Gasteiger charge is -2.19. The predicted molar refractivity (Wildman–Crippen MR) is 50.1 cm³/mol. The molecule has 0 saturated heterocycles. The van der Waals surface area contributed by atoms with Crippen LogP contribution in [0, 0.1) is 0 Å². The van der Waals surface area contributed by atoms with Crippen LogP contribution in [0.15, 0.2) is 4.99 Å². The Kier molecular flexibility index (Phi) is 4.73. The molecule has 3 nitrogen and oxygen atoms in total. The van der Waals surface area contributed by atoms with Gasteiger partial charge in [0.15, 0.2) is 5.96 Å². The summed E-state index contributed by atoms with van der Waals surface area (Å²) < 4.78 is 35.5. The first-order valence-corrected chi connectivity index (χ1v) is 4.33. The maximum absolute atomic E-state index is 11.8. The Morgan fingerprint density at radius 3 is 2.29 bits per heavy atom. The van der Waals surface area contributed by atoms with E-state index in [1.807, 2.05) is 13.8 Å². The van der Waals surface area contributed by atoms with Gasteiger partial charge in [0.2, 0.25) is 0 Å². The molecule has 0 amide bonds. The molecule has 0 radical (unpaired) electrons. The summed E-state index contributed by atoms with van der Waals surface area (Å²) in [6.45, 7) is 3.46. The number of aliphatic imine (C=N–C) groups is 1. The minimum Gasteiger partial charge on any atom is -0.370 e. The van der Waals surface area contributed by atoms with Crippen LogP contribution in [0.4, 0.5) is 13.2 Å². The predicted octanol–water partition coefficient (Wildman–Crippen LogP) is 1.59. The molecule has 0 saturated carbocycles. The fourth-order valence-corrected chi connectivity index (χ4v) is 0.772. The molecule has 0 heterocycles. The zero-order chi connectivity index (χ0) is 11.4.